The van der Waals surface area contributed by atoms with Gasteiger partial charge in [-0.3, -0.25) is 20.2 Å². The molecule has 0 bridgehead atoms. The zero-order valence-electron chi connectivity index (χ0n) is 12.6. The first kappa shape index (κ1) is 17.5. The summed E-state index contributed by atoms with van der Waals surface area (Å²) >= 11 is 0. The lowest BCUT2D eigenvalue weighted by molar-refractivity contribution is -0.385. The van der Waals surface area contributed by atoms with E-state index in [4.69, 9.17) is 0 Å². The van der Waals surface area contributed by atoms with E-state index in [0.717, 1.165) is 0 Å². The van der Waals surface area contributed by atoms with Gasteiger partial charge in [0.05, 0.1) is 22.6 Å². The molecule has 0 saturated heterocycles. The molecule has 0 fully saturated rings. The maximum atomic E-state index is 10.7. The number of hydrogen-bond donors (Lipinski definition) is 2. The van der Waals surface area contributed by atoms with E-state index in [-0.39, 0.29) is 24.4 Å². The van der Waals surface area contributed by atoms with Crippen LogP contribution in [0.4, 0.5) is 11.4 Å². The summed E-state index contributed by atoms with van der Waals surface area (Å²) in [5.41, 5.74) is 1.05. The van der Waals surface area contributed by atoms with Gasteiger partial charge in [-0.05, 0) is 29.7 Å². The second-order valence-electron chi connectivity index (χ2n) is 5.33. The van der Waals surface area contributed by atoms with Crippen LogP contribution in [0.1, 0.15) is 29.6 Å². The Hall–Kier alpha value is -2.84. The van der Waals surface area contributed by atoms with Gasteiger partial charge in [0, 0.05) is 30.2 Å². The molecule has 2 atom stereocenters. The number of non-ortho nitro benzene ring substituents is 2. The molecule has 0 radical (unpaired) electrons. The Morgan fingerprint density at radius 3 is 1.62 bits per heavy atom. The Bertz CT molecular complexity index is 714. The van der Waals surface area contributed by atoms with Crippen LogP contribution < -0.4 is 0 Å². The van der Waals surface area contributed by atoms with Crippen LogP contribution >= 0.6 is 0 Å². The summed E-state index contributed by atoms with van der Waals surface area (Å²) < 4.78 is 0. The molecule has 0 aromatic heterocycles. The van der Waals surface area contributed by atoms with Gasteiger partial charge >= 0.3 is 0 Å². The lowest BCUT2D eigenvalue weighted by Crippen LogP contribution is -2.10. The molecule has 2 aromatic carbocycles. The Labute approximate surface area is 137 Å². The summed E-state index contributed by atoms with van der Waals surface area (Å²) in [7, 11) is 0. The monoisotopic (exact) mass is 332 g/mol. The Balaban J connectivity index is 2.11. The number of benzene rings is 2. The molecule has 2 rings (SSSR count). The van der Waals surface area contributed by atoms with E-state index in [0.29, 0.717) is 11.1 Å². The molecule has 0 saturated carbocycles. The topological polar surface area (TPSA) is 127 Å². The van der Waals surface area contributed by atoms with E-state index in [2.05, 4.69) is 0 Å². The van der Waals surface area contributed by atoms with Crippen LogP contribution in [-0.4, -0.2) is 26.7 Å². The maximum absolute atomic E-state index is 10.7. The van der Waals surface area contributed by atoms with Crippen LogP contribution in [-0.2, 0) is 0 Å². The van der Waals surface area contributed by atoms with Crippen LogP contribution in [0.3, 0.4) is 0 Å². The number of nitro benzene ring substituents is 2. The summed E-state index contributed by atoms with van der Waals surface area (Å²) in [5.74, 6) is -0.406. The van der Waals surface area contributed by atoms with Crippen LogP contribution in [0.25, 0.3) is 0 Å². The van der Waals surface area contributed by atoms with Crippen LogP contribution in [0.15, 0.2) is 48.5 Å². The highest BCUT2D eigenvalue weighted by Crippen LogP contribution is 2.29. The van der Waals surface area contributed by atoms with Gasteiger partial charge in [0.2, 0.25) is 0 Å². The van der Waals surface area contributed by atoms with Crippen molar-refractivity contribution in [2.75, 3.05) is 6.61 Å². The standard InChI is InChI=1S/C16H16N2O6/c19-10-13(11-1-5-14(6-2-11)17(21)22)9-16(20)12-3-7-15(8-4-12)18(23)24/h1-8,13,16,19-20H,9-10H2. The van der Waals surface area contributed by atoms with Gasteiger partial charge in [0.1, 0.15) is 0 Å². The highest BCUT2D eigenvalue weighted by Gasteiger charge is 2.19. The van der Waals surface area contributed by atoms with E-state index in [1.54, 1.807) is 12.1 Å². The lowest BCUT2D eigenvalue weighted by Gasteiger charge is -2.19. The van der Waals surface area contributed by atoms with Gasteiger partial charge in [0.15, 0.2) is 0 Å². The minimum Gasteiger partial charge on any atom is -0.396 e. The molecular formula is C16H16N2O6. The van der Waals surface area contributed by atoms with Crippen LogP contribution in [0.2, 0.25) is 0 Å². The molecule has 0 heterocycles. The highest BCUT2D eigenvalue weighted by molar-refractivity contribution is 5.36. The second kappa shape index (κ2) is 7.62. The first-order valence-electron chi connectivity index (χ1n) is 7.20. The van der Waals surface area contributed by atoms with E-state index < -0.39 is 21.9 Å². The van der Waals surface area contributed by atoms with E-state index in [9.17, 15) is 30.4 Å². The molecule has 126 valence electrons. The second-order valence-corrected chi connectivity index (χ2v) is 5.33. The third-order valence-corrected chi connectivity index (χ3v) is 3.79. The van der Waals surface area contributed by atoms with Crippen molar-refractivity contribution in [2.45, 2.75) is 18.4 Å². The number of aliphatic hydroxyl groups excluding tert-OH is 2. The SMILES string of the molecule is O=[N+]([O-])c1ccc(C(O)CC(CO)c2ccc([N+](=O)[O-])cc2)cc1. The van der Waals surface area contributed by atoms with Gasteiger partial charge < -0.3 is 10.2 Å². The molecule has 8 heteroatoms. The molecule has 0 spiro atoms. The molecule has 2 aromatic rings. The Kier molecular flexibility index (Phi) is 5.56. The van der Waals surface area contributed by atoms with Crippen molar-refractivity contribution in [1.82, 2.24) is 0 Å². The average molecular weight is 332 g/mol. The minimum atomic E-state index is -0.918. The predicted octanol–water partition coefficient (Wildman–Crippen LogP) is 2.70. The van der Waals surface area contributed by atoms with E-state index in [1.165, 1.54) is 36.4 Å². The zero-order chi connectivity index (χ0) is 17.7. The molecule has 8 nitrogen and oxygen atoms in total. The average Bonchev–Trinajstić information content (AvgIpc) is 2.59. The number of aliphatic hydroxyl groups is 2. The van der Waals surface area contributed by atoms with Gasteiger partial charge in [-0.15, -0.1) is 0 Å². The van der Waals surface area contributed by atoms with Gasteiger partial charge in [-0.25, -0.2) is 0 Å². The predicted molar refractivity (Wildman–Crippen MR) is 85.6 cm³/mol. The summed E-state index contributed by atoms with van der Waals surface area (Å²) in [6, 6.07) is 11.3. The molecule has 0 aliphatic rings. The molecule has 2 N–H and O–H groups in total. The van der Waals surface area contributed by atoms with Crippen molar-refractivity contribution in [3.63, 3.8) is 0 Å². The minimum absolute atomic E-state index is 0.0497. The molecule has 2 unspecified atom stereocenters. The largest absolute Gasteiger partial charge is 0.396 e. The van der Waals surface area contributed by atoms with Crippen LogP contribution in [0, 0.1) is 20.2 Å². The number of nitro groups is 2. The summed E-state index contributed by atoms with van der Waals surface area (Å²) in [6.07, 6.45) is -0.732. The van der Waals surface area contributed by atoms with Crippen molar-refractivity contribution in [3.8, 4) is 0 Å². The summed E-state index contributed by atoms with van der Waals surface area (Å²) in [5, 5.41) is 41.1. The zero-order valence-corrected chi connectivity index (χ0v) is 12.6. The fraction of sp³-hybridized carbons (Fsp3) is 0.250. The summed E-state index contributed by atoms with van der Waals surface area (Å²) in [4.78, 5) is 20.3. The van der Waals surface area contributed by atoms with Gasteiger partial charge in [-0.2, -0.15) is 0 Å². The smallest absolute Gasteiger partial charge is 0.269 e. The Morgan fingerprint density at radius 1 is 0.833 bits per heavy atom. The number of rotatable bonds is 7. The third kappa shape index (κ3) is 4.12. The quantitative estimate of drug-likeness (QED) is 0.593. The van der Waals surface area contributed by atoms with E-state index in [1.807, 2.05) is 0 Å². The first-order valence-corrected chi connectivity index (χ1v) is 7.20. The van der Waals surface area contributed by atoms with Crippen molar-refractivity contribution in [3.05, 3.63) is 79.9 Å². The number of hydrogen-bond acceptors (Lipinski definition) is 6. The fourth-order valence-electron chi connectivity index (χ4n) is 2.41. The molecule has 24 heavy (non-hydrogen) atoms. The molecule has 0 aliphatic carbocycles. The third-order valence-electron chi connectivity index (χ3n) is 3.79. The molecule has 0 aliphatic heterocycles. The van der Waals surface area contributed by atoms with Crippen molar-refractivity contribution < 1.29 is 20.1 Å². The van der Waals surface area contributed by atoms with Gasteiger partial charge in [-0.1, -0.05) is 12.1 Å². The molecule has 0 amide bonds. The van der Waals surface area contributed by atoms with Gasteiger partial charge in [0.25, 0.3) is 11.4 Å². The van der Waals surface area contributed by atoms with Crippen LogP contribution in [0.5, 0.6) is 0 Å². The fourth-order valence-corrected chi connectivity index (χ4v) is 2.41. The van der Waals surface area contributed by atoms with E-state index >= 15 is 0 Å². The van der Waals surface area contributed by atoms with Crippen molar-refractivity contribution >= 4 is 11.4 Å². The number of nitrogens with zero attached hydrogens (tertiary/aromatic N) is 2. The van der Waals surface area contributed by atoms with Crippen molar-refractivity contribution in [1.29, 1.82) is 0 Å². The normalized spacial score (nSPS) is 13.2. The first-order chi connectivity index (χ1) is 11.4. The van der Waals surface area contributed by atoms with Crippen molar-refractivity contribution in [2.24, 2.45) is 0 Å². The maximum Gasteiger partial charge on any atom is 0.269 e. The highest BCUT2D eigenvalue weighted by atomic mass is 16.6. The summed E-state index contributed by atoms with van der Waals surface area (Å²) in [6.45, 7) is -0.234. The molecular weight excluding hydrogens is 316 g/mol. The Morgan fingerprint density at radius 2 is 1.25 bits per heavy atom. The lowest BCUT2D eigenvalue weighted by atomic mass is 9.91.